The zero-order chi connectivity index (χ0) is 22.1. The van der Waals surface area contributed by atoms with Gasteiger partial charge in [-0.2, -0.15) is 9.29 Å². The van der Waals surface area contributed by atoms with Crippen molar-refractivity contribution < 1.29 is 17.7 Å². The van der Waals surface area contributed by atoms with E-state index in [0.29, 0.717) is 38.5 Å². The van der Waals surface area contributed by atoms with Crippen molar-refractivity contribution in [2.75, 3.05) is 52.1 Å². The first kappa shape index (κ1) is 28.0. The standard InChI is InChI=1S/C19H36N6O4S.HI/c1-15(2)18-22-17(29-23-18)7-6-8-21-19(20-5)24-9-11-25(12-10-24)30(26,27)14-13-28-16(3)4;/h15-16H,6-14H2,1-5H3,(H,20,21);1H. The predicted octanol–water partition coefficient (Wildman–Crippen LogP) is 1.69. The normalized spacial score (nSPS) is 16.1. The molecule has 1 fully saturated rings. The van der Waals surface area contributed by atoms with Crippen LogP contribution in [0.4, 0.5) is 0 Å². The molecule has 1 aromatic heterocycles. The molecule has 2 heterocycles. The van der Waals surface area contributed by atoms with Crippen LogP contribution in [0.25, 0.3) is 0 Å². The maximum Gasteiger partial charge on any atom is 0.226 e. The molecule has 0 atom stereocenters. The van der Waals surface area contributed by atoms with Crippen LogP contribution in [0.15, 0.2) is 9.52 Å². The minimum absolute atomic E-state index is 0. The number of nitrogens with one attached hydrogen (secondary N) is 1. The van der Waals surface area contributed by atoms with Crippen molar-refractivity contribution in [2.45, 2.75) is 52.6 Å². The number of aliphatic imine (C=N–C) groups is 1. The molecule has 0 saturated carbocycles. The molecular weight excluding hydrogens is 535 g/mol. The average molecular weight is 573 g/mol. The van der Waals surface area contributed by atoms with Crippen LogP contribution in [0.3, 0.4) is 0 Å². The fourth-order valence-corrected chi connectivity index (χ4v) is 4.36. The molecule has 0 aliphatic carbocycles. The second-order valence-electron chi connectivity index (χ2n) is 7.90. The molecule has 0 aromatic carbocycles. The largest absolute Gasteiger partial charge is 0.378 e. The molecule has 2 rings (SSSR count). The smallest absolute Gasteiger partial charge is 0.226 e. The van der Waals surface area contributed by atoms with Crippen LogP contribution in [0.5, 0.6) is 0 Å². The molecule has 1 aliphatic rings. The van der Waals surface area contributed by atoms with Crippen LogP contribution >= 0.6 is 24.0 Å². The van der Waals surface area contributed by atoms with Crippen molar-refractivity contribution in [1.29, 1.82) is 0 Å². The SMILES string of the molecule is CN=C(NCCCc1nc(C(C)C)no1)N1CCN(S(=O)(=O)CCOC(C)C)CC1.I. The number of halogens is 1. The van der Waals surface area contributed by atoms with Crippen LogP contribution in [-0.2, 0) is 21.2 Å². The maximum atomic E-state index is 12.5. The van der Waals surface area contributed by atoms with E-state index in [1.54, 1.807) is 11.4 Å². The molecule has 0 unspecified atom stereocenters. The van der Waals surface area contributed by atoms with Crippen molar-refractivity contribution in [3.8, 4) is 0 Å². The van der Waals surface area contributed by atoms with Gasteiger partial charge in [-0.05, 0) is 20.3 Å². The summed E-state index contributed by atoms with van der Waals surface area (Å²) in [5, 5.41) is 7.31. The lowest BCUT2D eigenvalue weighted by Crippen LogP contribution is -2.54. The van der Waals surface area contributed by atoms with Crippen LogP contribution in [0.1, 0.15) is 51.7 Å². The number of piperazine rings is 1. The summed E-state index contributed by atoms with van der Waals surface area (Å²) in [6.07, 6.45) is 1.57. The fourth-order valence-electron chi connectivity index (χ4n) is 3.07. The highest BCUT2D eigenvalue weighted by Gasteiger charge is 2.28. The number of aryl methyl sites for hydroxylation is 1. The Morgan fingerprint density at radius 1 is 1.23 bits per heavy atom. The van der Waals surface area contributed by atoms with E-state index in [0.717, 1.165) is 24.7 Å². The van der Waals surface area contributed by atoms with E-state index < -0.39 is 10.0 Å². The second kappa shape index (κ2) is 13.5. The molecule has 180 valence electrons. The topological polar surface area (TPSA) is 113 Å². The van der Waals surface area contributed by atoms with Gasteiger partial charge in [0.1, 0.15) is 0 Å². The lowest BCUT2D eigenvalue weighted by atomic mass is 10.2. The fraction of sp³-hybridized carbons (Fsp3) is 0.842. The Balaban J connectivity index is 0.00000480. The Kier molecular flexibility index (Phi) is 12.2. The van der Waals surface area contributed by atoms with E-state index in [-0.39, 0.29) is 48.4 Å². The number of ether oxygens (including phenoxy) is 1. The van der Waals surface area contributed by atoms with E-state index in [1.165, 1.54) is 0 Å². The Bertz CT molecular complexity index is 776. The van der Waals surface area contributed by atoms with Gasteiger partial charge in [0.15, 0.2) is 11.8 Å². The summed E-state index contributed by atoms with van der Waals surface area (Å²) in [7, 11) is -1.55. The lowest BCUT2D eigenvalue weighted by Gasteiger charge is -2.35. The van der Waals surface area contributed by atoms with Gasteiger partial charge in [0.25, 0.3) is 0 Å². The third kappa shape index (κ3) is 9.18. The lowest BCUT2D eigenvalue weighted by molar-refractivity contribution is 0.0904. The predicted molar refractivity (Wildman–Crippen MR) is 132 cm³/mol. The van der Waals surface area contributed by atoms with Crippen LogP contribution in [-0.4, -0.2) is 92.0 Å². The first-order valence-corrected chi connectivity index (χ1v) is 12.2. The minimum Gasteiger partial charge on any atom is -0.378 e. The van der Waals surface area contributed by atoms with E-state index >= 15 is 0 Å². The first-order chi connectivity index (χ1) is 14.2. The quantitative estimate of drug-likeness (QED) is 0.195. The summed E-state index contributed by atoms with van der Waals surface area (Å²) < 4.78 is 37.1. The van der Waals surface area contributed by atoms with Gasteiger partial charge in [-0.1, -0.05) is 19.0 Å². The third-order valence-electron chi connectivity index (χ3n) is 4.79. The molecule has 0 radical (unpaired) electrons. The van der Waals surface area contributed by atoms with Gasteiger partial charge in [0, 0.05) is 52.1 Å². The van der Waals surface area contributed by atoms with Crippen LogP contribution in [0.2, 0.25) is 0 Å². The van der Waals surface area contributed by atoms with Gasteiger partial charge in [0.05, 0.1) is 18.5 Å². The number of guanidine groups is 1. The van der Waals surface area contributed by atoms with Gasteiger partial charge in [0.2, 0.25) is 15.9 Å². The van der Waals surface area contributed by atoms with Crippen LogP contribution < -0.4 is 5.32 Å². The Hall–Kier alpha value is -0.990. The highest BCUT2D eigenvalue weighted by atomic mass is 127. The highest BCUT2D eigenvalue weighted by Crippen LogP contribution is 2.11. The van der Waals surface area contributed by atoms with Gasteiger partial charge >= 0.3 is 0 Å². The van der Waals surface area contributed by atoms with Gasteiger partial charge in [-0.25, -0.2) is 8.42 Å². The van der Waals surface area contributed by atoms with Crippen molar-refractivity contribution in [1.82, 2.24) is 24.7 Å². The number of hydrogen-bond donors (Lipinski definition) is 1. The average Bonchev–Trinajstić information content (AvgIpc) is 3.17. The summed E-state index contributed by atoms with van der Waals surface area (Å²) in [4.78, 5) is 10.8. The summed E-state index contributed by atoms with van der Waals surface area (Å²) in [6.45, 7) is 10.9. The van der Waals surface area contributed by atoms with Crippen LogP contribution in [0, 0.1) is 0 Å². The molecule has 1 aliphatic heterocycles. The number of nitrogens with zero attached hydrogens (tertiary/aromatic N) is 5. The molecule has 0 spiro atoms. The summed E-state index contributed by atoms with van der Waals surface area (Å²) in [5.74, 6) is 2.44. The first-order valence-electron chi connectivity index (χ1n) is 10.6. The Morgan fingerprint density at radius 3 is 2.45 bits per heavy atom. The van der Waals surface area contributed by atoms with Crippen molar-refractivity contribution in [3.63, 3.8) is 0 Å². The monoisotopic (exact) mass is 572 g/mol. The summed E-state index contributed by atoms with van der Waals surface area (Å²) in [6, 6.07) is 0. The van der Waals surface area contributed by atoms with Gasteiger partial charge in [-0.15, -0.1) is 24.0 Å². The summed E-state index contributed by atoms with van der Waals surface area (Å²) in [5.41, 5.74) is 0. The second-order valence-corrected chi connectivity index (χ2v) is 9.99. The molecule has 1 N–H and O–H groups in total. The van der Waals surface area contributed by atoms with E-state index in [1.807, 2.05) is 27.7 Å². The molecule has 1 saturated heterocycles. The molecule has 31 heavy (non-hydrogen) atoms. The van der Waals surface area contributed by atoms with E-state index in [9.17, 15) is 8.42 Å². The van der Waals surface area contributed by atoms with E-state index in [4.69, 9.17) is 9.26 Å². The van der Waals surface area contributed by atoms with Gasteiger partial charge < -0.3 is 19.5 Å². The van der Waals surface area contributed by atoms with Crippen molar-refractivity contribution in [2.24, 2.45) is 4.99 Å². The van der Waals surface area contributed by atoms with Crippen molar-refractivity contribution in [3.05, 3.63) is 11.7 Å². The van der Waals surface area contributed by atoms with E-state index in [2.05, 4.69) is 25.3 Å². The molecule has 0 bridgehead atoms. The molecule has 12 heteroatoms. The maximum absolute atomic E-state index is 12.5. The molecule has 10 nitrogen and oxygen atoms in total. The molecule has 0 amide bonds. The summed E-state index contributed by atoms with van der Waals surface area (Å²) >= 11 is 0. The number of hydrogen-bond acceptors (Lipinski definition) is 7. The zero-order valence-electron chi connectivity index (χ0n) is 19.2. The highest BCUT2D eigenvalue weighted by molar-refractivity contribution is 14.0. The zero-order valence-corrected chi connectivity index (χ0v) is 22.4. The number of sulfonamides is 1. The number of rotatable bonds is 10. The van der Waals surface area contributed by atoms with Crippen molar-refractivity contribution >= 4 is 40.0 Å². The molecular formula is C19H37IN6O4S. The number of aromatic nitrogens is 2. The Labute approximate surface area is 203 Å². The Morgan fingerprint density at radius 2 is 1.90 bits per heavy atom. The van der Waals surface area contributed by atoms with Gasteiger partial charge in [-0.3, -0.25) is 4.99 Å². The minimum atomic E-state index is -3.29. The third-order valence-corrected chi connectivity index (χ3v) is 6.62. The molecule has 1 aromatic rings.